The van der Waals surface area contributed by atoms with Crippen molar-refractivity contribution < 1.29 is 14.6 Å². The molecule has 17 heavy (non-hydrogen) atoms. The molecule has 1 atom stereocenters. The molecule has 1 rings (SSSR count). The summed E-state index contributed by atoms with van der Waals surface area (Å²) in [4.78, 5) is 11.6. The van der Waals surface area contributed by atoms with Gasteiger partial charge >= 0.3 is 0 Å². The van der Waals surface area contributed by atoms with E-state index in [1.54, 1.807) is 19.1 Å². The zero-order valence-corrected chi connectivity index (χ0v) is 10.4. The number of aliphatic hydroxyl groups is 1. The topological polar surface area (TPSA) is 58.6 Å². The first-order valence-electron chi connectivity index (χ1n) is 5.69. The molecule has 0 bridgehead atoms. The van der Waals surface area contributed by atoms with Crippen LogP contribution in [0.1, 0.15) is 32.4 Å². The standard InChI is InChI=1S/C13H19NO3/c1-9(2)17-8-13(16)14-12-7-5-4-6-11(12)10(3)15/h4-7,9-10,15H,8H2,1-3H3,(H,14,16). The Hall–Kier alpha value is -1.39. The predicted molar refractivity (Wildman–Crippen MR) is 66.8 cm³/mol. The summed E-state index contributed by atoms with van der Waals surface area (Å²) in [7, 11) is 0. The van der Waals surface area contributed by atoms with Gasteiger partial charge < -0.3 is 15.2 Å². The lowest BCUT2D eigenvalue weighted by molar-refractivity contribution is -0.121. The minimum absolute atomic E-state index is 0.0197. The lowest BCUT2D eigenvalue weighted by atomic mass is 10.1. The first kappa shape index (κ1) is 13.7. The number of carbonyl (C=O) groups is 1. The van der Waals surface area contributed by atoms with E-state index in [-0.39, 0.29) is 18.6 Å². The lowest BCUT2D eigenvalue weighted by Crippen LogP contribution is -2.21. The molecule has 1 unspecified atom stereocenters. The van der Waals surface area contributed by atoms with Gasteiger partial charge in [0, 0.05) is 11.3 Å². The Balaban J connectivity index is 2.65. The van der Waals surface area contributed by atoms with E-state index in [2.05, 4.69) is 5.32 Å². The normalized spacial score (nSPS) is 12.5. The summed E-state index contributed by atoms with van der Waals surface area (Å²) in [6, 6.07) is 7.17. The van der Waals surface area contributed by atoms with Gasteiger partial charge in [0.05, 0.1) is 12.2 Å². The highest BCUT2D eigenvalue weighted by Crippen LogP contribution is 2.21. The van der Waals surface area contributed by atoms with Gasteiger partial charge in [0.25, 0.3) is 0 Å². The maximum Gasteiger partial charge on any atom is 0.250 e. The predicted octanol–water partition coefficient (Wildman–Crippen LogP) is 2.10. The summed E-state index contributed by atoms with van der Waals surface area (Å²) in [5, 5.41) is 12.3. The maximum absolute atomic E-state index is 11.6. The van der Waals surface area contributed by atoms with Crippen LogP contribution < -0.4 is 5.32 Å². The molecule has 0 aliphatic carbocycles. The molecule has 4 nitrogen and oxygen atoms in total. The van der Waals surface area contributed by atoms with Crippen molar-refractivity contribution in [3.05, 3.63) is 29.8 Å². The monoisotopic (exact) mass is 237 g/mol. The van der Waals surface area contributed by atoms with E-state index in [4.69, 9.17) is 4.74 Å². The van der Waals surface area contributed by atoms with Gasteiger partial charge in [-0.15, -0.1) is 0 Å². The summed E-state index contributed by atoms with van der Waals surface area (Å²) in [5.74, 6) is -0.216. The average molecular weight is 237 g/mol. The van der Waals surface area contributed by atoms with Crippen LogP contribution in [0, 0.1) is 0 Å². The van der Waals surface area contributed by atoms with Crippen LogP contribution in [0.5, 0.6) is 0 Å². The van der Waals surface area contributed by atoms with Crippen LogP contribution in [0.3, 0.4) is 0 Å². The Bertz CT molecular complexity index is 375. The fraction of sp³-hybridized carbons (Fsp3) is 0.462. The van der Waals surface area contributed by atoms with Crippen molar-refractivity contribution in [1.82, 2.24) is 0 Å². The fourth-order valence-electron chi connectivity index (χ4n) is 1.40. The van der Waals surface area contributed by atoms with Crippen molar-refractivity contribution >= 4 is 11.6 Å². The van der Waals surface area contributed by atoms with Crippen LogP contribution in [0.15, 0.2) is 24.3 Å². The van der Waals surface area contributed by atoms with Gasteiger partial charge in [0.2, 0.25) is 5.91 Å². The van der Waals surface area contributed by atoms with Gasteiger partial charge in [-0.05, 0) is 26.8 Å². The third-order valence-electron chi connectivity index (χ3n) is 2.23. The van der Waals surface area contributed by atoms with Crippen LogP contribution in [0.2, 0.25) is 0 Å². The highest BCUT2D eigenvalue weighted by atomic mass is 16.5. The lowest BCUT2D eigenvalue weighted by Gasteiger charge is -2.13. The fourth-order valence-corrected chi connectivity index (χ4v) is 1.40. The Morgan fingerprint density at radius 2 is 2.00 bits per heavy atom. The second-order valence-electron chi connectivity index (χ2n) is 4.17. The molecule has 94 valence electrons. The SMILES string of the molecule is CC(C)OCC(=O)Nc1ccccc1C(C)O. The van der Waals surface area contributed by atoms with Crippen LogP contribution in [0.4, 0.5) is 5.69 Å². The second-order valence-corrected chi connectivity index (χ2v) is 4.17. The summed E-state index contributed by atoms with van der Waals surface area (Å²) in [6.45, 7) is 5.43. The molecule has 0 fully saturated rings. The number of aliphatic hydroxyl groups excluding tert-OH is 1. The van der Waals surface area contributed by atoms with E-state index in [1.165, 1.54) is 0 Å². The van der Waals surface area contributed by atoms with Crippen molar-refractivity contribution in [2.45, 2.75) is 33.0 Å². The molecule has 0 aromatic heterocycles. The maximum atomic E-state index is 11.6. The van der Waals surface area contributed by atoms with Crippen molar-refractivity contribution in [2.24, 2.45) is 0 Å². The Kier molecular flexibility index (Phi) is 5.12. The first-order valence-corrected chi connectivity index (χ1v) is 5.69. The Morgan fingerprint density at radius 1 is 1.35 bits per heavy atom. The van der Waals surface area contributed by atoms with Crippen molar-refractivity contribution in [2.75, 3.05) is 11.9 Å². The highest BCUT2D eigenvalue weighted by Gasteiger charge is 2.10. The van der Waals surface area contributed by atoms with Crippen molar-refractivity contribution in [1.29, 1.82) is 0 Å². The quantitative estimate of drug-likeness (QED) is 0.824. The van der Waals surface area contributed by atoms with Crippen molar-refractivity contribution in [3.8, 4) is 0 Å². The minimum Gasteiger partial charge on any atom is -0.389 e. The number of ether oxygens (including phenoxy) is 1. The number of para-hydroxylation sites is 1. The molecular formula is C13H19NO3. The van der Waals surface area contributed by atoms with Crippen LogP contribution in [-0.2, 0) is 9.53 Å². The molecule has 0 aliphatic rings. The zero-order valence-electron chi connectivity index (χ0n) is 10.4. The number of carbonyl (C=O) groups excluding carboxylic acids is 1. The number of hydrogen-bond acceptors (Lipinski definition) is 3. The van der Waals surface area contributed by atoms with Gasteiger partial charge in [-0.3, -0.25) is 4.79 Å². The number of rotatable bonds is 5. The number of benzene rings is 1. The summed E-state index contributed by atoms with van der Waals surface area (Å²) in [5.41, 5.74) is 1.32. The molecule has 0 aliphatic heterocycles. The van der Waals surface area contributed by atoms with Gasteiger partial charge in [0.1, 0.15) is 6.61 Å². The number of nitrogens with one attached hydrogen (secondary N) is 1. The van der Waals surface area contributed by atoms with E-state index in [0.29, 0.717) is 11.3 Å². The number of anilines is 1. The smallest absolute Gasteiger partial charge is 0.250 e. The molecule has 0 heterocycles. The largest absolute Gasteiger partial charge is 0.389 e. The molecule has 4 heteroatoms. The summed E-state index contributed by atoms with van der Waals surface area (Å²) >= 11 is 0. The third-order valence-corrected chi connectivity index (χ3v) is 2.23. The van der Waals surface area contributed by atoms with Gasteiger partial charge in [-0.25, -0.2) is 0 Å². The van der Waals surface area contributed by atoms with E-state index >= 15 is 0 Å². The van der Waals surface area contributed by atoms with Crippen molar-refractivity contribution in [3.63, 3.8) is 0 Å². The third kappa shape index (κ3) is 4.54. The second kappa shape index (κ2) is 6.37. The molecule has 0 saturated carbocycles. The molecule has 1 amide bonds. The molecule has 0 spiro atoms. The van der Waals surface area contributed by atoms with Gasteiger partial charge in [0.15, 0.2) is 0 Å². The molecular weight excluding hydrogens is 218 g/mol. The van der Waals surface area contributed by atoms with E-state index in [0.717, 1.165) is 0 Å². The van der Waals surface area contributed by atoms with Crippen LogP contribution in [-0.4, -0.2) is 23.7 Å². The van der Waals surface area contributed by atoms with Gasteiger partial charge in [-0.1, -0.05) is 18.2 Å². The van der Waals surface area contributed by atoms with Gasteiger partial charge in [-0.2, -0.15) is 0 Å². The number of amides is 1. The molecule has 1 aromatic rings. The first-order chi connectivity index (χ1) is 8.00. The average Bonchev–Trinajstić information content (AvgIpc) is 2.27. The Morgan fingerprint density at radius 3 is 2.59 bits per heavy atom. The zero-order chi connectivity index (χ0) is 12.8. The van der Waals surface area contributed by atoms with E-state index in [9.17, 15) is 9.90 Å². The molecule has 2 N–H and O–H groups in total. The Labute approximate surface area is 102 Å². The van der Waals surface area contributed by atoms with Crippen LogP contribution >= 0.6 is 0 Å². The highest BCUT2D eigenvalue weighted by molar-refractivity contribution is 5.92. The van der Waals surface area contributed by atoms with E-state index < -0.39 is 6.10 Å². The summed E-state index contributed by atoms with van der Waals surface area (Å²) in [6.07, 6.45) is -0.592. The number of hydrogen-bond donors (Lipinski definition) is 2. The van der Waals surface area contributed by atoms with Crippen LogP contribution in [0.25, 0.3) is 0 Å². The molecule has 1 aromatic carbocycles. The minimum atomic E-state index is -0.613. The molecule has 0 saturated heterocycles. The summed E-state index contributed by atoms with van der Waals surface area (Å²) < 4.78 is 5.20. The van der Waals surface area contributed by atoms with E-state index in [1.807, 2.05) is 26.0 Å². The molecule has 0 radical (unpaired) electrons.